The number of aliphatic hydroxyl groups is 1. The van der Waals surface area contributed by atoms with Gasteiger partial charge in [0.2, 0.25) is 0 Å². The molecule has 0 radical (unpaired) electrons. The zero-order chi connectivity index (χ0) is 25.7. The van der Waals surface area contributed by atoms with Gasteiger partial charge in [0.05, 0.1) is 30.8 Å². The number of rotatable bonds is 0. The number of esters is 3. The molecule has 2 saturated heterocycles. The molecule has 0 amide bonds. The van der Waals surface area contributed by atoms with E-state index in [1.165, 1.54) is 29.9 Å². The lowest BCUT2D eigenvalue weighted by Crippen LogP contribution is -2.66. The molecule has 5 aliphatic rings. The van der Waals surface area contributed by atoms with Crippen LogP contribution >= 0.6 is 0 Å². The van der Waals surface area contributed by atoms with Gasteiger partial charge in [-0.3, -0.25) is 0 Å². The van der Waals surface area contributed by atoms with Gasteiger partial charge in [0.25, 0.3) is 0 Å². The molecule has 36 heavy (non-hydrogen) atoms. The molecule has 2 bridgehead atoms. The average molecular weight is 503 g/mol. The van der Waals surface area contributed by atoms with Crippen molar-refractivity contribution in [2.24, 2.45) is 16.7 Å². The van der Waals surface area contributed by atoms with Crippen LogP contribution < -0.4 is 0 Å². The van der Waals surface area contributed by atoms with Crippen LogP contribution in [0.1, 0.15) is 46.5 Å². The van der Waals surface area contributed by atoms with E-state index >= 15 is 0 Å². The first kappa shape index (κ1) is 25.2. The summed E-state index contributed by atoms with van der Waals surface area (Å²) in [6.45, 7) is 6.34. The molecular formula is C27H34O9. The van der Waals surface area contributed by atoms with Crippen LogP contribution in [0.15, 0.2) is 36.0 Å². The summed E-state index contributed by atoms with van der Waals surface area (Å²) in [4.78, 5) is 37.6. The Kier molecular flexibility index (Phi) is 6.37. The molecule has 0 aromatic rings. The van der Waals surface area contributed by atoms with Crippen molar-refractivity contribution in [2.45, 2.75) is 76.5 Å². The van der Waals surface area contributed by atoms with Crippen LogP contribution in [-0.4, -0.2) is 72.9 Å². The smallest absolute Gasteiger partial charge is 0.335 e. The lowest BCUT2D eigenvalue weighted by atomic mass is 9.51. The van der Waals surface area contributed by atoms with E-state index < -0.39 is 52.5 Å². The Morgan fingerprint density at radius 1 is 1.03 bits per heavy atom. The van der Waals surface area contributed by atoms with Crippen LogP contribution in [0.4, 0.5) is 0 Å². The van der Waals surface area contributed by atoms with Gasteiger partial charge in [0, 0.05) is 24.0 Å². The summed E-state index contributed by atoms with van der Waals surface area (Å²) >= 11 is 0. The summed E-state index contributed by atoms with van der Waals surface area (Å²) in [6, 6.07) is 0. The third-order valence-corrected chi connectivity index (χ3v) is 9.12. The van der Waals surface area contributed by atoms with Crippen LogP contribution in [-0.2, 0) is 38.1 Å². The number of aliphatic hydroxyl groups excluding tert-OH is 1. The van der Waals surface area contributed by atoms with Crippen molar-refractivity contribution in [3.05, 3.63) is 36.0 Å². The molecular weight excluding hydrogens is 468 g/mol. The van der Waals surface area contributed by atoms with E-state index in [1.54, 1.807) is 6.92 Å². The first-order valence-electron chi connectivity index (χ1n) is 12.7. The van der Waals surface area contributed by atoms with E-state index in [0.717, 1.165) is 6.42 Å². The second kappa shape index (κ2) is 9.11. The SMILES string of the molecule is CC1=C[C@H]2O[C@H]3C[C@H]4OC(=O)C=CC=CC(=O)OCC[C@@H](C)C(O)C(=O)OC[C@@]2(CC1)[C@@]4(C)[C@]31CO1. The van der Waals surface area contributed by atoms with Gasteiger partial charge >= 0.3 is 17.9 Å². The summed E-state index contributed by atoms with van der Waals surface area (Å²) in [5, 5.41) is 10.6. The van der Waals surface area contributed by atoms with Crippen molar-refractivity contribution in [3.63, 3.8) is 0 Å². The van der Waals surface area contributed by atoms with Gasteiger partial charge < -0.3 is 28.8 Å². The Morgan fingerprint density at radius 2 is 1.75 bits per heavy atom. The average Bonchev–Trinajstić information content (AvgIpc) is 3.62. The van der Waals surface area contributed by atoms with Gasteiger partial charge in [-0.1, -0.05) is 37.6 Å². The zero-order valence-electron chi connectivity index (χ0n) is 20.9. The molecule has 3 fully saturated rings. The minimum atomic E-state index is -1.37. The predicted octanol–water partition coefficient (Wildman–Crippen LogP) is 2.17. The summed E-state index contributed by atoms with van der Waals surface area (Å²) in [5.74, 6) is -2.34. The number of allylic oxidation sites excluding steroid dienone is 3. The minimum absolute atomic E-state index is 0.00000344. The molecule has 9 nitrogen and oxygen atoms in total. The zero-order valence-corrected chi connectivity index (χ0v) is 20.9. The highest BCUT2D eigenvalue weighted by atomic mass is 16.6. The summed E-state index contributed by atoms with van der Waals surface area (Å²) in [5.41, 5.74) is -0.820. The van der Waals surface area contributed by atoms with Crippen molar-refractivity contribution in [1.82, 2.24) is 0 Å². The van der Waals surface area contributed by atoms with Crippen LogP contribution in [0.5, 0.6) is 0 Å². The number of carbonyl (C=O) groups excluding carboxylic acids is 3. The number of carbonyl (C=O) groups is 3. The van der Waals surface area contributed by atoms with Crippen LogP contribution in [0.3, 0.4) is 0 Å². The number of hydrogen-bond donors (Lipinski definition) is 1. The van der Waals surface area contributed by atoms with Crippen molar-refractivity contribution in [3.8, 4) is 0 Å². The van der Waals surface area contributed by atoms with Gasteiger partial charge in [0.1, 0.15) is 18.3 Å². The molecule has 3 aliphatic heterocycles. The second-order valence-corrected chi connectivity index (χ2v) is 11.0. The van der Waals surface area contributed by atoms with Crippen LogP contribution in [0, 0.1) is 16.7 Å². The van der Waals surface area contributed by atoms with E-state index in [1.807, 2.05) is 0 Å². The van der Waals surface area contributed by atoms with E-state index in [2.05, 4.69) is 19.9 Å². The molecule has 196 valence electrons. The molecule has 1 unspecified atom stereocenters. The molecule has 0 aromatic heterocycles. The summed E-state index contributed by atoms with van der Waals surface area (Å²) in [7, 11) is 0. The predicted molar refractivity (Wildman–Crippen MR) is 125 cm³/mol. The molecule has 2 spiro atoms. The topological polar surface area (TPSA) is 121 Å². The highest BCUT2D eigenvalue weighted by Gasteiger charge is 2.83. The Morgan fingerprint density at radius 3 is 2.47 bits per heavy atom. The number of hydrogen-bond acceptors (Lipinski definition) is 9. The third-order valence-electron chi connectivity index (χ3n) is 9.12. The summed E-state index contributed by atoms with van der Waals surface area (Å²) in [6.07, 6.45) is 7.11. The molecule has 0 aromatic carbocycles. The van der Waals surface area contributed by atoms with E-state index in [-0.39, 0.29) is 31.8 Å². The Bertz CT molecular complexity index is 1020. The summed E-state index contributed by atoms with van der Waals surface area (Å²) < 4.78 is 29.6. The monoisotopic (exact) mass is 502 g/mol. The fourth-order valence-corrected chi connectivity index (χ4v) is 6.65. The quantitative estimate of drug-likeness (QED) is 0.230. The standard InChI is InChI=1S/C27H34O9/c1-16-8-10-26-14-33-24(31)23(30)17(2)9-11-32-21(28)6-4-5-7-22(29)36-18-13-20(35-19(26)12-16)27(15-34-27)25(18,26)3/h4-7,12,17-20,23,30H,8-11,13-15H2,1-3H3/t17-,18-,19-,20+,23?,25+,26-,27+/m1/s1. The molecule has 1 N–H and O–H groups in total. The number of epoxide rings is 1. The van der Waals surface area contributed by atoms with Gasteiger partial charge in [-0.2, -0.15) is 0 Å². The highest BCUT2D eigenvalue weighted by molar-refractivity contribution is 5.84. The first-order chi connectivity index (χ1) is 17.1. The maximum atomic E-state index is 12.9. The Hall–Kier alpha value is -2.49. The maximum absolute atomic E-state index is 12.9. The molecule has 2 aliphatic carbocycles. The van der Waals surface area contributed by atoms with E-state index in [0.29, 0.717) is 19.4 Å². The van der Waals surface area contributed by atoms with Gasteiger partial charge in [-0.05, 0) is 32.1 Å². The normalized spacial score (nSPS) is 45.1. The largest absolute Gasteiger partial charge is 0.463 e. The van der Waals surface area contributed by atoms with Crippen molar-refractivity contribution in [2.75, 3.05) is 19.8 Å². The molecule has 3 heterocycles. The fraction of sp³-hybridized carbons (Fsp3) is 0.667. The minimum Gasteiger partial charge on any atom is -0.463 e. The third kappa shape index (κ3) is 3.83. The van der Waals surface area contributed by atoms with Crippen LogP contribution in [0.2, 0.25) is 0 Å². The fourth-order valence-electron chi connectivity index (χ4n) is 6.65. The Labute approximate surface area is 210 Å². The van der Waals surface area contributed by atoms with Gasteiger partial charge in [-0.25, -0.2) is 14.4 Å². The van der Waals surface area contributed by atoms with Gasteiger partial charge in [-0.15, -0.1) is 0 Å². The highest BCUT2D eigenvalue weighted by Crippen LogP contribution is 2.72. The van der Waals surface area contributed by atoms with E-state index in [4.69, 9.17) is 23.7 Å². The lowest BCUT2D eigenvalue weighted by Gasteiger charge is -2.58. The van der Waals surface area contributed by atoms with Gasteiger partial charge in [0.15, 0.2) is 6.10 Å². The number of ether oxygens (including phenoxy) is 5. The Balaban J connectivity index is 1.52. The van der Waals surface area contributed by atoms with E-state index in [9.17, 15) is 19.5 Å². The lowest BCUT2D eigenvalue weighted by molar-refractivity contribution is -0.234. The molecule has 9 heteroatoms. The van der Waals surface area contributed by atoms with Crippen LogP contribution in [0.25, 0.3) is 0 Å². The van der Waals surface area contributed by atoms with Crippen molar-refractivity contribution in [1.29, 1.82) is 0 Å². The maximum Gasteiger partial charge on any atom is 0.335 e. The molecule has 5 rings (SSSR count). The first-order valence-corrected chi connectivity index (χ1v) is 12.7. The molecule has 1 saturated carbocycles. The second-order valence-electron chi connectivity index (χ2n) is 11.0. The number of cyclic esters (lactones) is 2. The van der Waals surface area contributed by atoms with Crippen molar-refractivity contribution >= 4 is 17.9 Å². The molecule has 8 atom stereocenters. The van der Waals surface area contributed by atoms with Crippen molar-refractivity contribution < 1.29 is 43.2 Å².